The summed E-state index contributed by atoms with van der Waals surface area (Å²) < 4.78 is 6.46. The van der Waals surface area contributed by atoms with Crippen molar-refractivity contribution >= 4 is 11.7 Å². The van der Waals surface area contributed by atoms with Crippen molar-refractivity contribution in [2.75, 3.05) is 31.1 Å². The molecule has 0 bridgehead atoms. The van der Waals surface area contributed by atoms with Gasteiger partial charge in [-0.2, -0.15) is 5.10 Å². The van der Waals surface area contributed by atoms with Gasteiger partial charge in [-0.1, -0.05) is 5.16 Å². The Labute approximate surface area is 136 Å². The van der Waals surface area contributed by atoms with E-state index in [9.17, 15) is 4.79 Å². The molecular formula is C14H14N8O2. The SMILES string of the molecule is O=C(c1ccno1)N1CCN(c2ccc(-n3cncn3)nn2)CC1. The lowest BCUT2D eigenvalue weighted by Gasteiger charge is -2.34. The Morgan fingerprint density at radius 3 is 2.46 bits per heavy atom. The molecule has 0 radical (unpaired) electrons. The maximum atomic E-state index is 12.2. The molecule has 0 unspecified atom stereocenters. The van der Waals surface area contributed by atoms with E-state index in [-0.39, 0.29) is 11.7 Å². The zero-order valence-electron chi connectivity index (χ0n) is 12.7. The minimum Gasteiger partial charge on any atom is -0.352 e. The van der Waals surface area contributed by atoms with Crippen molar-refractivity contribution in [2.24, 2.45) is 0 Å². The molecule has 1 aliphatic rings. The molecule has 24 heavy (non-hydrogen) atoms. The number of amides is 1. The summed E-state index contributed by atoms with van der Waals surface area (Å²) in [6.45, 7) is 2.53. The third-order valence-corrected chi connectivity index (χ3v) is 3.83. The van der Waals surface area contributed by atoms with Gasteiger partial charge in [0, 0.05) is 32.2 Å². The first-order chi connectivity index (χ1) is 11.8. The van der Waals surface area contributed by atoms with Crippen LogP contribution in [0.25, 0.3) is 5.82 Å². The first-order valence-corrected chi connectivity index (χ1v) is 7.45. The van der Waals surface area contributed by atoms with Crippen molar-refractivity contribution in [1.29, 1.82) is 0 Å². The second-order valence-corrected chi connectivity index (χ2v) is 5.25. The van der Waals surface area contributed by atoms with E-state index in [2.05, 4.69) is 30.3 Å². The number of rotatable bonds is 3. The molecule has 1 amide bonds. The van der Waals surface area contributed by atoms with Gasteiger partial charge in [0.1, 0.15) is 12.7 Å². The van der Waals surface area contributed by atoms with E-state index in [0.29, 0.717) is 32.0 Å². The minimum atomic E-state index is -0.139. The van der Waals surface area contributed by atoms with Crippen LogP contribution in [-0.2, 0) is 0 Å². The van der Waals surface area contributed by atoms with E-state index in [4.69, 9.17) is 4.52 Å². The molecule has 0 spiro atoms. The lowest BCUT2D eigenvalue weighted by atomic mass is 10.3. The fourth-order valence-electron chi connectivity index (χ4n) is 2.56. The van der Waals surface area contributed by atoms with E-state index in [0.717, 1.165) is 5.82 Å². The molecule has 1 aliphatic heterocycles. The highest BCUT2D eigenvalue weighted by Crippen LogP contribution is 2.15. The van der Waals surface area contributed by atoms with Gasteiger partial charge in [0.25, 0.3) is 5.91 Å². The van der Waals surface area contributed by atoms with Crippen molar-refractivity contribution < 1.29 is 9.32 Å². The smallest absolute Gasteiger partial charge is 0.292 e. The highest BCUT2D eigenvalue weighted by Gasteiger charge is 2.24. The third-order valence-electron chi connectivity index (χ3n) is 3.83. The summed E-state index contributed by atoms with van der Waals surface area (Å²) in [4.78, 5) is 19.9. The van der Waals surface area contributed by atoms with Crippen LogP contribution in [0.2, 0.25) is 0 Å². The molecule has 4 rings (SSSR count). The van der Waals surface area contributed by atoms with E-state index >= 15 is 0 Å². The Morgan fingerprint density at radius 1 is 1.04 bits per heavy atom. The van der Waals surface area contributed by atoms with Gasteiger partial charge in [-0.05, 0) is 12.1 Å². The highest BCUT2D eigenvalue weighted by atomic mass is 16.5. The summed E-state index contributed by atoms with van der Waals surface area (Å²) in [5, 5.41) is 16.0. The van der Waals surface area contributed by atoms with Crippen molar-refractivity contribution in [1.82, 2.24) is 35.0 Å². The monoisotopic (exact) mass is 326 g/mol. The van der Waals surface area contributed by atoms with Crippen molar-refractivity contribution in [2.45, 2.75) is 0 Å². The lowest BCUT2D eigenvalue weighted by molar-refractivity contribution is 0.0704. The molecule has 0 aliphatic carbocycles. The Kier molecular flexibility index (Phi) is 3.61. The van der Waals surface area contributed by atoms with Gasteiger partial charge in [0.15, 0.2) is 11.6 Å². The molecule has 0 aromatic carbocycles. The first-order valence-electron chi connectivity index (χ1n) is 7.45. The third kappa shape index (κ3) is 2.69. The second kappa shape index (κ2) is 6.07. The maximum Gasteiger partial charge on any atom is 0.292 e. The molecule has 10 nitrogen and oxygen atoms in total. The number of nitrogens with zero attached hydrogens (tertiary/aromatic N) is 8. The fraction of sp³-hybridized carbons (Fsp3) is 0.286. The second-order valence-electron chi connectivity index (χ2n) is 5.25. The van der Waals surface area contributed by atoms with Crippen LogP contribution in [0, 0.1) is 0 Å². The Bertz CT molecular complexity index is 792. The topological polar surface area (TPSA) is 106 Å². The molecule has 1 fully saturated rings. The Morgan fingerprint density at radius 2 is 1.83 bits per heavy atom. The average molecular weight is 326 g/mol. The van der Waals surface area contributed by atoms with Crippen LogP contribution in [0.5, 0.6) is 0 Å². The quantitative estimate of drug-likeness (QED) is 0.662. The first kappa shape index (κ1) is 14.3. The number of anilines is 1. The summed E-state index contributed by atoms with van der Waals surface area (Å²) in [6, 6.07) is 5.30. The van der Waals surface area contributed by atoms with E-state index < -0.39 is 0 Å². The molecule has 122 valence electrons. The molecule has 0 atom stereocenters. The van der Waals surface area contributed by atoms with Gasteiger partial charge in [-0.25, -0.2) is 9.67 Å². The summed E-state index contributed by atoms with van der Waals surface area (Å²) in [7, 11) is 0. The highest BCUT2D eigenvalue weighted by molar-refractivity contribution is 5.91. The minimum absolute atomic E-state index is 0.139. The number of carbonyl (C=O) groups excluding carboxylic acids is 1. The molecule has 3 aromatic heterocycles. The Hall–Kier alpha value is -3.30. The van der Waals surface area contributed by atoms with Crippen molar-refractivity contribution in [3.8, 4) is 5.82 Å². The molecule has 3 aromatic rings. The number of carbonyl (C=O) groups is 1. The molecule has 0 saturated carbocycles. The predicted octanol–water partition coefficient (Wildman–Crippen LogP) is 0.00770. The summed E-state index contributed by atoms with van der Waals surface area (Å²) in [5.41, 5.74) is 0. The largest absolute Gasteiger partial charge is 0.352 e. The number of piperazine rings is 1. The van der Waals surface area contributed by atoms with Crippen LogP contribution in [0.4, 0.5) is 5.82 Å². The zero-order valence-corrected chi connectivity index (χ0v) is 12.7. The van der Waals surface area contributed by atoms with Crippen LogP contribution < -0.4 is 4.90 Å². The van der Waals surface area contributed by atoms with E-state index in [1.165, 1.54) is 12.5 Å². The van der Waals surface area contributed by atoms with E-state index in [1.54, 1.807) is 22.0 Å². The molecule has 0 N–H and O–H groups in total. The van der Waals surface area contributed by atoms with E-state index in [1.807, 2.05) is 12.1 Å². The van der Waals surface area contributed by atoms with Crippen molar-refractivity contribution in [3.63, 3.8) is 0 Å². The molecule has 10 heteroatoms. The van der Waals surface area contributed by atoms with Crippen LogP contribution in [0.15, 0.2) is 41.6 Å². The standard InChI is InChI=1S/C14H14N8O2/c23-14(11-3-4-17-24-11)21-7-5-20(6-8-21)12-1-2-13(19-18-12)22-10-15-9-16-22/h1-4,9-10H,5-8H2. The van der Waals surface area contributed by atoms with Gasteiger partial charge in [-0.15, -0.1) is 10.2 Å². The average Bonchev–Trinajstić information content (AvgIpc) is 3.35. The van der Waals surface area contributed by atoms with Gasteiger partial charge in [-0.3, -0.25) is 4.79 Å². The van der Waals surface area contributed by atoms with Crippen molar-refractivity contribution in [3.05, 3.63) is 42.8 Å². The van der Waals surface area contributed by atoms with Crippen LogP contribution in [0.1, 0.15) is 10.6 Å². The van der Waals surface area contributed by atoms with Gasteiger partial charge >= 0.3 is 0 Å². The van der Waals surface area contributed by atoms with Gasteiger partial charge in [0.05, 0.1) is 6.20 Å². The zero-order chi connectivity index (χ0) is 16.4. The fourth-order valence-corrected chi connectivity index (χ4v) is 2.56. The Balaban J connectivity index is 1.40. The summed E-state index contributed by atoms with van der Waals surface area (Å²) >= 11 is 0. The number of hydrogen-bond donors (Lipinski definition) is 0. The number of hydrogen-bond acceptors (Lipinski definition) is 8. The summed E-state index contributed by atoms with van der Waals surface area (Å²) in [6.07, 6.45) is 4.48. The number of aromatic nitrogens is 6. The molecule has 1 saturated heterocycles. The predicted molar refractivity (Wildman–Crippen MR) is 81.6 cm³/mol. The van der Waals surface area contributed by atoms with Crippen LogP contribution in [-0.4, -0.2) is 67.1 Å². The lowest BCUT2D eigenvalue weighted by Crippen LogP contribution is -2.49. The maximum absolute atomic E-state index is 12.2. The van der Waals surface area contributed by atoms with Crippen LogP contribution in [0.3, 0.4) is 0 Å². The van der Waals surface area contributed by atoms with Gasteiger partial charge in [0.2, 0.25) is 5.76 Å². The summed E-state index contributed by atoms with van der Waals surface area (Å²) in [5.74, 6) is 1.50. The normalized spacial score (nSPS) is 14.8. The van der Waals surface area contributed by atoms with Gasteiger partial charge < -0.3 is 14.3 Å². The molecule has 4 heterocycles. The van der Waals surface area contributed by atoms with Crippen LogP contribution >= 0.6 is 0 Å². The molecular weight excluding hydrogens is 312 g/mol.